The highest BCUT2D eigenvalue weighted by molar-refractivity contribution is 5.54. The van der Waals surface area contributed by atoms with E-state index in [9.17, 15) is 13.2 Å². The lowest BCUT2D eigenvalue weighted by Crippen LogP contribution is -2.13. The Morgan fingerprint density at radius 2 is 1.80 bits per heavy atom. The van der Waals surface area contributed by atoms with Crippen molar-refractivity contribution in [3.63, 3.8) is 0 Å². The Morgan fingerprint density at radius 3 is 2.35 bits per heavy atom. The van der Waals surface area contributed by atoms with E-state index in [4.69, 9.17) is 0 Å². The van der Waals surface area contributed by atoms with Crippen molar-refractivity contribution in [2.75, 3.05) is 0 Å². The first-order valence-electron chi connectivity index (χ1n) is 7.23. The predicted octanol–water partition coefficient (Wildman–Crippen LogP) is 5.94. The molecule has 0 radical (unpaired) electrons. The molecule has 0 spiro atoms. The molecule has 1 aliphatic carbocycles. The third-order valence-corrected chi connectivity index (χ3v) is 4.20. The maximum Gasteiger partial charge on any atom is 0.416 e. The van der Waals surface area contributed by atoms with Gasteiger partial charge in [-0.05, 0) is 55.2 Å². The predicted molar refractivity (Wildman–Crippen MR) is 76.2 cm³/mol. The number of alkyl halides is 3. The zero-order valence-electron chi connectivity index (χ0n) is 12.0. The molecule has 0 nitrogen and oxygen atoms in total. The van der Waals surface area contributed by atoms with Gasteiger partial charge in [0.1, 0.15) is 0 Å². The molecule has 1 aromatic carbocycles. The van der Waals surface area contributed by atoms with Crippen LogP contribution in [0.5, 0.6) is 0 Å². The number of halogens is 3. The number of benzene rings is 1. The van der Waals surface area contributed by atoms with Crippen LogP contribution in [0, 0.1) is 11.8 Å². The van der Waals surface area contributed by atoms with Gasteiger partial charge in [-0.15, -0.1) is 0 Å². The first-order chi connectivity index (χ1) is 9.36. The second kappa shape index (κ2) is 6.02. The summed E-state index contributed by atoms with van der Waals surface area (Å²) in [6.45, 7) is 4.48. The van der Waals surface area contributed by atoms with Crippen LogP contribution in [0.1, 0.15) is 50.7 Å². The van der Waals surface area contributed by atoms with Gasteiger partial charge in [-0.1, -0.05) is 37.6 Å². The largest absolute Gasteiger partial charge is 0.416 e. The molecule has 3 heteroatoms. The van der Waals surface area contributed by atoms with Crippen LogP contribution in [0.3, 0.4) is 0 Å². The highest BCUT2D eigenvalue weighted by atomic mass is 19.4. The molecule has 1 fully saturated rings. The van der Waals surface area contributed by atoms with Crippen molar-refractivity contribution in [3.05, 3.63) is 41.0 Å². The lowest BCUT2D eigenvalue weighted by molar-refractivity contribution is -0.137. The molecule has 0 atom stereocenters. The highest BCUT2D eigenvalue weighted by Gasteiger charge is 2.30. The molecule has 1 saturated carbocycles. The lowest BCUT2D eigenvalue weighted by atomic mass is 9.79. The van der Waals surface area contributed by atoms with Crippen LogP contribution in [-0.4, -0.2) is 0 Å². The number of allylic oxidation sites excluding steroid dienone is 1. The molecular weight excluding hydrogens is 261 g/mol. The van der Waals surface area contributed by atoms with E-state index in [0.717, 1.165) is 37.7 Å². The van der Waals surface area contributed by atoms with Crippen LogP contribution in [0.25, 0.3) is 6.08 Å². The number of rotatable bonds is 2. The third kappa shape index (κ3) is 3.87. The number of hydrogen-bond donors (Lipinski definition) is 0. The van der Waals surface area contributed by atoms with Crippen LogP contribution in [0.2, 0.25) is 0 Å². The summed E-state index contributed by atoms with van der Waals surface area (Å²) in [5.41, 5.74) is 1.38. The smallest absolute Gasteiger partial charge is 0.166 e. The van der Waals surface area contributed by atoms with Crippen LogP contribution < -0.4 is 0 Å². The van der Waals surface area contributed by atoms with Crippen LogP contribution in [0.4, 0.5) is 13.2 Å². The monoisotopic (exact) mass is 282 g/mol. The van der Waals surface area contributed by atoms with E-state index in [2.05, 4.69) is 13.8 Å². The van der Waals surface area contributed by atoms with E-state index in [1.54, 1.807) is 6.07 Å². The maximum absolute atomic E-state index is 12.7. The molecule has 0 N–H and O–H groups in total. The van der Waals surface area contributed by atoms with Crippen molar-refractivity contribution in [3.8, 4) is 0 Å². The molecule has 20 heavy (non-hydrogen) atoms. The first kappa shape index (κ1) is 15.1. The van der Waals surface area contributed by atoms with E-state index >= 15 is 0 Å². The molecule has 0 aliphatic heterocycles. The van der Waals surface area contributed by atoms with Gasteiger partial charge in [0, 0.05) is 0 Å². The van der Waals surface area contributed by atoms with Gasteiger partial charge >= 0.3 is 6.18 Å². The summed E-state index contributed by atoms with van der Waals surface area (Å²) >= 11 is 0. The first-order valence-corrected chi connectivity index (χ1v) is 7.23. The topological polar surface area (TPSA) is 0 Å². The summed E-state index contributed by atoms with van der Waals surface area (Å²) in [6.07, 6.45) is 2.01. The van der Waals surface area contributed by atoms with Crippen molar-refractivity contribution in [2.24, 2.45) is 11.8 Å². The zero-order chi connectivity index (χ0) is 14.8. The SMILES string of the molecule is CC(C)C1CCC(=Cc2cccc(C(F)(F)F)c2)CC1. The van der Waals surface area contributed by atoms with E-state index in [-0.39, 0.29) is 0 Å². The molecule has 0 amide bonds. The average Bonchev–Trinajstić information content (AvgIpc) is 2.38. The summed E-state index contributed by atoms with van der Waals surface area (Å²) in [6, 6.07) is 5.59. The Balaban J connectivity index is 2.09. The maximum atomic E-state index is 12.7. The Morgan fingerprint density at radius 1 is 1.15 bits per heavy atom. The van der Waals surface area contributed by atoms with Crippen molar-refractivity contribution in [1.82, 2.24) is 0 Å². The molecule has 0 aromatic heterocycles. The fourth-order valence-electron chi connectivity index (χ4n) is 2.86. The number of hydrogen-bond acceptors (Lipinski definition) is 0. The highest BCUT2D eigenvalue weighted by Crippen LogP contribution is 2.34. The van der Waals surface area contributed by atoms with Gasteiger partial charge in [0.2, 0.25) is 0 Å². The summed E-state index contributed by atoms with van der Waals surface area (Å²) in [4.78, 5) is 0. The van der Waals surface area contributed by atoms with Crippen LogP contribution >= 0.6 is 0 Å². The molecule has 1 aliphatic rings. The lowest BCUT2D eigenvalue weighted by Gasteiger charge is -2.27. The summed E-state index contributed by atoms with van der Waals surface area (Å²) in [5.74, 6) is 1.46. The second-order valence-corrected chi connectivity index (χ2v) is 6.01. The molecule has 0 bridgehead atoms. The zero-order valence-corrected chi connectivity index (χ0v) is 12.0. The van der Waals surface area contributed by atoms with Crippen molar-refractivity contribution in [2.45, 2.75) is 45.7 Å². The molecule has 0 saturated heterocycles. The van der Waals surface area contributed by atoms with E-state index in [0.29, 0.717) is 11.5 Å². The average molecular weight is 282 g/mol. The van der Waals surface area contributed by atoms with Gasteiger partial charge in [0.15, 0.2) is 0 Å². The minimum atomic E-state index is -4.26. The van der Waals surface area contributed by atoms with Crippen LogP contribution in [-0.2, 0) is 6.18 Å². The van der Waals surface area contributed by atoms with Crippen molar-refractivity contribution < 1.29 is 13.2 Å². The Labute approximate surface area is 118 Å². The quantitative estimate of drug-likeness (QED) is 0.630. The minimum absolute atomic E-state index is 0.567. The van der Waals surface area contributed by atoms with Gasteiger partial charge < -0.3 is 0 Å². The molecule has 110 valence electrons. The van der Waals surface area contributed by atoms with E-state index in [1.165, 1.54) is 17.7 Å². The van der Waals surface area contributed by atoms with Crippen molar-refractivity contribution >= 4 is 6.08 Å². The van der Waals surface area contributed by atoms with Gasteiger partial charge in [-0.2, -0.15) is 13.2 Å². The Kier molecular flexibility index (Phi) is 4.56. The Hall–Kier alpha value is -1.25. The van der Waals surface area contributed by atoms with E-state index < -0.39 is 11.7 Å². The molecule has 2 rings (SSSR count). The van der Waals surface area contributed by atoms with Gasteiger partial charge in [0.25, 0.3) is 0 Å². The second-order valence-electron chi connectivity index (χ2n) is 6.01. The minimum Gasteiger partial charge on any atom is -0.166 e. The molecular formula is C17H21F3. The summed E-state index contributed by atoms with van der Waals surface area (Å²) < 4.78 is 38.0. The van der Waals surface area contributed by atoms with Gasteiger partial charge in [-0.25, -0.2) is 0 Å². The molecule has 1 aromatic rings. The third-order valence-electron chi connectivity index (χ3n) is 4.20. The summed E-state index contributed by atoms with van der Waals surface area (Å²) in [5, 5.41) is 0. The molecule has 0 heterocycles. The normalized spacial score (nSPS) is 20.3. The van der Waals surface area contributed by atoms with Crippen LogP contribution in [0.15, 0.2) is 29.8 Å². The van der Waals surface area contributed by atoms with Crippen molar-refractivity contribution in [1.29, 1.82) is 0 Å². The standard InChI is InChI=1S/C17H21F3/c1-12(2)15-8-6-13(7-9-15)10-14-4-3-5-16(11-14)17(18,19)20/h3-5,10-12,15H,6-9H2,1-2H3. The van der Waals surface area contributed by atoms with Gasteiger partial charge in [0.05, 0.1) is 5.56 Å². The fourth-order valence-corrected chi connectivity index (χ4v) is 2.86. The van der Waals surface area contributed by atoms with Gasteiger partial charge in [-0.3, -0.25) is 0 Å². The van der Waals surface area contributed by atoms with E-state index in [1.807, 2.05) is 6.08 Å². The fraction of sp³-hybridized carbons (Fsp3) is 0.529. The molecule has 0 unspecified atom stereocenters. The summed E-state index contributed by atoms with van der Waals surface area (Å²) in [7, 11) is 0. The Bertz CT molecular complexity index is 473.